The minimum Gasteiger partial charge on any atom is -0.464 e. The molecule has 1 aliphatic heterocycles. The summed E-state index contributed by atoms with van der Waals surface area (Å²) in [4.78, 5) is 28.0. The number of rotatable bonds is 5. The SMILES string of the molecule is Cn1ccc(C(=O)Nc2ccccc2C(=O)N2CCOCC(Cc3ccc4ccoc4c3)C2)n1. The lowest BCUT2D eigenvalue weighted by Gasteiger charge is -2.25. The van der Waals surface area contributed by atoms with Crippen molar-refractivity contribution < 1.29 is 18.7 Å². The number of carbonyl (C=O) groups excluding carboxylic acids is 2. The van der Waals surface area contributed by atoms with Crippen molar-refractivity contribution in [3.63, 3.8) is 0 Å². The standard InChI is InChI=1S/C26H26N4O4/c1-29-10-8-23(28-29)25(31)27-22-5-3-2-4-21(22)26(32)30-11-13-33-17-19(16-30)14-18-6-7-20-9-12-34-24(20)15-18/h2-10,12,15,19H,11,13-14,16-17H2,1H3,(H,27,31). The van der Waals surface area contributed by atoms with Gasteiger partial charge in [-0.2, -0.15) is 5.10 Å². The summed E-state index contributed by atoms with van der Waals surface area (Å²) in [5.74, 6) is -0.339. The molecule has 1 N–H and O–H groups in total. The summed E-state index contributed by atoms with van der Waals surface area (Å²) in [6.07, 6.45) is 4.17. The maximum absolute atomic E-state index is 13.5. The summed E-state index contributed by atoms with van der Waals surface area (Å²) in [5.41, 5.74) is 3.21. The van der Waals surface area contributed by atoms with Crippen LogP contribution < -0.4 is 5.32 Å². The molecule has 0 saturated carbocycles. The number of hydrogen-bond donors (Lipinski definition) is 1. The molecule has 4 aromatic rings. The largest absolute Gasteiger partial charge is 0.464 e. The zero-order chi connectivity index (χ0) is 23.5. The van der Waals surface area contributed by atoms with Crippen molar-refractivity contribution >= 4 is 28.5 Å². The minimum atomic E-state index is -0.355. The van der Waals surface area contributed by atoms with E-state index in [1.807, 2.05) is 11.0 Å². The molecule has 8 nitrogen and oxygen atoms in total. The van der Waals surface area contributed by atoms with E-state index in [-0.39, 0.29) is 17.7 Å². The van der Waals surface area contributed by atoms with Crippen LogP contribution in [-0.4, -0.2) is 52.8 Å². The van der Waals surface area contributed by atoms with Gasteiger partial charge in [0.1, 0.15) is 5.58 Å². The molecule has 2 amide bonds. The average molecular weight is 459 g/mol. The quantitative estimate of drug-likeness (QED) is 0.492. The van der Waals surface area contributed by atoms with Crippen molar-refractivity contribution in [1.82, 2.24) is 14.7 Å². The molecule has 1 saturated heterocycles. The predicted molar refractivity (Wildman–Crippen MR) is 128 cm³/mol. The summed E-state index contributed by atoms with van der Waals surface area (Å²) in [7, 11) is 1.75. The third-order valence-corrected chi connectivity index (χ3v) is 6.02. The van der Waals surface area contributed by atoms with Crippen molar-refractivity contribution in [3.8, 4) is 0 Å². The van der Waals surface area contributed by atoms with Crippen molar-refractivity contribution in [2.45, 2.75) is 6.42 Å². The van der Waals surface area contributed by atoms with Crippen LogP contribution in [0, 0.1) is 5.92 Å². The lowest BCUT2D eigenvalue weighted by Crippen LogP contribution is -2.37. The topological polar surface area (TPSA) is 89.6 Å². The number of nitrogens with zero attached hydrogens (tertiary/aromatic N) is 3. The molecule has 8 heteroatoms. The number of aryl methyl sites for hydroxylation is 1. The Hall–Kier alpha value is -3.91. The highest BCUT2D eigenvalue weighted by Gasteiger charge is 2.26. The van der Waals surface area contributed by atoms with E-state index in [2.05, 4.69) is 28.6 Å². The second-order valence-electron chi connectivity index (χ2n) is 8.56. The number of nitrogens with one attached hydrogen (secondary N) is 1. The van der Waals surface area contributed by atoms with Crippen LogP contribution in [0.2, 0.25) is 0 Å². The van der Waals surface area contributed by atoms with Gasteiger partial charge in [-0.3, -0.25) is 14.3 Å². The second-order valence-corrected chi connectivity index (χ2v) is 8.56. The highest BCUT2D eigenvalue weighted by atomic mass is 16.5. The normalized spacial score (nSPS) is 16.4. The molecular weight excluding hydrogens is 432 g/mol. The van der Waals surface area contributed by atoms with Crippen LogP contribution >= 0.6 is 0 Å². The van der Waals surface area contributed by atoms with Gasteiger partial charge in [0.25, 0.3) is 11.8 Å². The fourth-order valence-electron chi connectivity index (χ4n) is 4.32. The highest BCUT2D eigenvalue weighted by Crippen LogP contribution is 2.23. The summed E-state index contributed by atoms with van der Waals surface area (Å²) >= 11 is 0. The Balaban J connectivity index is 1.31. The molecule has 3 heterocycles. The predicted octanol–water partition coefficient (Wildman–Crippen LogP) is 3.75. The maximum atomic E-state index is 13.5. The summed E-state index contributed by atoms with van der Waals surface area (Å²) in [6.45, 7) is 2.12. The molecule has 0 spiro atoms. The van der Waals surface area contributed by atoms with Gasteiger partial charge in [0.2, 0.25) is 0 Å². The minimum absolute atomic E-state index is 0.131. The Labute approximate surface area is 197 Å². The third-order valence-electron chi connectivity index (χ3n) is 6.02. The molecule has 2 aromatic carbocycles. The van der Waals surface area contributed by atoms with E-state index in [0.29, 0.717) is 43.2 Å². The van der Waals surface area contributed by atoms with Gasteiger partial charge in [-0.15, -0.1) is 0 Å². The smallest absolute Gasteiger partial charge is 0.276 e. The van der Waals surface area contributed by atoms with Crippen LogP contribution in [0.5, 0.6) is 0 Å². The molecule has 174 valence electrons. The number of para-hydroxylation sites is 1. The molecular formula is C26H26N4O4. The summed E-state index contributed by atoms with van der Waals surface area (Å²) < 4.78 is 12.9. The van der Waals surface area contributed by atoms with Gasteiger partial charge in [-0.25, -0.2) is 0 Å². The fraction of sp³-hybridized carbons (Fsp3) is 0.269. The van der Waals surface area contributed by atoms with Crippen molar-refractivity contribution in [2.24, 2.45) is 13.0 Å². The first kappa shape index (κ1) is 21.9. The number of ether oxygens (including phenoxy) is 1. The lowest BCUT2D eigenvalue weighted by atomic mass is 9.98. The van der Waals surface area contributed by atoms with Gasteiger partial charge >= 0.3 is 0 Å². The fourth-order valence-corrected chi connectivity index (χ4v) is 4.32. The number of anilines is 1. The van der Waals surface area contributed by atoms with E-state index >= 15 is 0 Å². The van der Waals surface area contributed by atoms with Gasteiger partial charge in [0.05, 0.1) is 30.7 Å². The number of fused-ring (bicyclic) bond motifs is 1. The van der Waals surface area contributed by atoms with Crippen molar-refractivity contribution in [1.29, 1.82) is 0 Å². The Morgan fingerprint density at radius 2 is 2.03 bits per heavy atom. The Morgan fingerprint density at radius 3 is 2.88 bits per heavy atom. The van der Waals surface area contributed by atoms with E-state index in [1.165, 1.54) is 0 Å². The molecule has 5 rings (SSSR count). The van der Waals surface area contributed by atoms with Crippen LogP contribution in [0.15, 0.2) is 71.5 Å². The van der Waals surface area contributed by atoms with E-state index in [1.54, 1.807) is 54.5 Å². The molecule has 0 bridgehead atoms. The molecule has 1 fully saturated rings. The molecule has 0 radical (unpaired) electrons. The number of benzene rings is 2. The zero-order valence-corrected chi connectivity index (χ0v) is 18.9. The third kappa shape index (κ3) is 4.72. The Morgan fingerprint density at radius 1 is 1.15 bits per heavy atom. The number of furan rings is 1. The first-order chi connectivity index (χ1) is 16.6. The van der Waals surface area contributed by atoms with Crippen LogP contribution in [0.3, 0.4) is 0 Å². The van der Waals surface area contributed by atoms with E-state index < -0.39 is 0 Å². The first-order valence-electron chi connectivity index (χ1n) is 11.3. The van der Waals surface area contributed by atoms with Gasteiger partial charge < -0.3 is 19.4 Å². The number of amides is 2. The van der Waals surface area contributed by atoms with Crippen LogP contribution in [0.25, 0.3) is 11.0 Å². The van der Waals surface area contributed by atoms with E-state index in [9.17, 15) is 9.59 Å². The summed E-state index contributed by atoms with van der Waals surface area (Å²) in [6, 6.07) is 16.8. The van der Waals surface area contributed by atoms with Crippen LogP contribution in [0.1, 0.15) is 26.4 Å². The maximum Gasteiger partial charge on any atom is 0.276 e. The van der Waals surface area contributed by atoms with Crippen LogP contribution in [0.4, 0.5) is 5.69 Å². The molecule has 1 unspecified atom stereocenters. The summed E-state index contributed by atoms with van der Waals surface area (Å²) in [5, 5.41) is 8.04. The highest BCUT2D eigenvalue weighted by molar-refractivity contribution is 6.08. The monoisotopic (exact) mass is 458 g/mol. The second kappa shape index (κ2) is 9.52. The Bertz CT molecular complexity index is 1330. The zero-order valence-electron chi connectivity index (χ0n) is 18.9. The first-order valence-corrected chi connectivity index (χ1v) is 11.3. The van der Waals surface area contributed by atoms with Crippen molar-refractivity contribution in [2.75, 3.05) is 31.6 Å². The molecule has 1 aliphatic rings. The molecule has 0 aliphatic carbocycles. The molecule has 2 aromatic heterocycles. The van der Waals surface area contributed by atoms with Crippen LogP contribution in [-0.2, 0) is 18.2 Å². The average Bonchev–Trinajstić information content (AvgIpc) is 3.42. The van der Waals surface area contributed by atoms with Gasteiger partial charge in [-0.1, -0.05) is 24.3 Å². The van der Waals surface area contributed by atoms with E-state index in [4.69, 9.17) is 9.15 Å². The lowest BCUT2D eigenvalue weighted by molar-refractivity contribution is 0.0738. The molecule has 34 heavy (non-hydrogen) atoms. The molecule has 1 atom stereocenters. The number of carbonyl (C=O) groups is 2. The van der Waals surface area contributed by atoms with Crippen molar-refractivity contribution in [3.05, 3.63) is 83.9 Å². The Kier molecular flexibility index (Phi) is 6.14. The van der Waals surface area contributed by atoms with Gasteiger partial charge in [-0.05, 0) is 42.3 Å². The number of hydrogen-bond acceptors (Lipinski definition) is 5. The number of aromatic nitrogens is 2. The van der Waals surface area contributed by atoms with Gasteiger partial charge in [0.15, 0.2) is 5.69 Å². The van der Waals surface area contributed by atoms with Gasteiger partial charge in [0, 0.05) is 37.6 Å². The van der Waals surface area contributed by atoms with E-state index in [0.717, 1.165) is 23.0 Å².